The molecule has 2 heterocycles. The molecule has 4 saturated carbocycles. The molecule has 6 aromatic rings. The Bertz CT molecular complexity index is 2690. The highest BCUT2D eigenvalue weighted by Crippen LogP contribution is 2.59. The first-order valence-electron chi connectivity index (χ1n) is 19.8. The number of nitrogens with zero attached hydrogens (tertiary/aromatic N) is 2. The first-order chi connectivity index (χ1) is 28.3. The molecule has 2 amide bonds. The minimum absolute atomic E-state index is 0.0188. The Morgan fingerprint density at radius 1 is 0.610 bits per heavy atom. The van der Waals surface area contributed by atoms with Crippen molar-refractivity contribution >= 4 is 91.2 Å². The smallest absolute Gasteiger partial charge is 0.229 e. The topological polar surface area (TPSA) is 176 Å². The van der Waals surface area contributed by atoms with Crippen molar-refractivity contribution in [2.75, 3.05) is 22.1 Å². The number of anilines is 4. The van der Waals surface area contributed by atoms with Gasteiger partial charge in [-0.25, -0.2) is 9.97 Å². The van der Waals surface area contributed by atoms with Crippen LogP contribution in [-0.2, 0) is 9.59 Å². The standard InChI is InChI=1S/C23H21Cl2N3O2.C23H22ClN3O2/c1-10-4-2-3-5-12(10)19-20(24)15-8-17(27-9-16(15)22(26)21(19)25)28-23(30)18-13-6-11(29)7-14(13)18;1-11-4-2-3-5-13(11)16-8-19(25)18-10-26-20(9-17(18)22(16)24)27-23(29)21-14-6-12(28)7-15(14)21/h2-5,8-9,11,13-14,18,29H,6-7,26H2,1H3,(H,27,28,30);2-5,8-10,12,14-15,21,28H,6-7,25H2,1H3,(H,26,27,29)/t11?,13-,14+,18?;12?,14-,15+,21?. The van der Waals surface area contributed by atoms with Crippen LogP contribution in [0.15, 0.2) is 79.1 Å². The van der Waals surface area contributed by atoms with Gasteiger partial charge in [0.1, 0.15) is 11.6 Å². The van der Waals surface area contributed by atoms with Crippen LogP contribution >= 0.6 is 34.8 Å². The predicted molar refractivity (Wildman–Crippen MR) is 236 cm³/mol. The number of rotatable bonds is 6. The fraction of sp³-hybridized carbons (Fsp3) is 0.304. The fourth-order valence-electron chi connectivity index (χ4n) is 9.76. The molecule has 10 nitrogen and oxygen atoms in total. The van der Waals surface area contributed by atoms with Gasteiger partial charge in [-0.2, -0.15) is 0 Å². The summed E-state index contributed by atoms with van der Waals surface area (Å²) in [6.45, 7) is 4.03. The molecule has 59 heavy (non-hydrogen) atoms. The molecule has 10 rings (SSSR count). The number of hydrogen-bond acceptors (Lipinski definition) is 8. The number of aliphatic hydroxyl groups excluding tert-OH is 2. The molecule has 13 heteroatoms. The number of aryl methyl sites for hydroxylation is 2. The Labute approximate surface area is 356 Å². The highest BCUT2D eigenvalue weighted by Gasteiger charge is 2.60. The SMILES string of the molecule is Cc1ccccc1-c1c(Cl)c(N)c2cnc(NC(=O)C3[C@H]4CC(O)C[C@@H]34)cc2c1Cl.Cc1ccccc1-c1cc(N)c2cnc(NC(=O)C3[C@H]4CC(O)C[C@@H]34)cc2c1Cl. The normalized spacial score (nSPS) is 24.9. The molecule has 0 saturated heterocycles. The molecular formula is C46H43Cl3N6O4. The van der Waals surface area contributed by atoms with Gasteiger partial charge < -0.3 is 32.3 Å². The first-order valence-corrected chi connectivity index (χ1v) is 21.0. The Morgan fingerprint density at radius 3 is 1.58 bits per heavy atom. The highest BCUT2D eigenvalue weighted by molar-refractivity contribution is 6.45. The van der Waals surface area contributed by atoms with Crippen molar-refractivity contribution in [3.8, 4) is 22.3 Å². The van der Waals surface area contributed by atoms with Gasteiger partial charge in [-0.15, -0.1) is 0 Å². The van der Waals surface area contributed by atoms with Crippen molar-refractivity contribution in [2.24, 2.45) is 35.5 Å². The van der Waals surface area contributed by atoms with E-state index >= 15 is 0 Å². The first kappa shape index (κ1) is 39.5. The minimum atomic E-state index is -0.269. The predicted octanol–water partition coefficient (Wildman–Crippen LogP) is 9.46. The molecule has 4 unspecified atom stereocenters. The number of amides is 2. The third-order valence-corrected chi connectivity index (χ3v) is 14.1. The lowest BCUT2D eigenvalue weighted by Crippen LogP contribution is -2.19. The number of pyridine rings is 2. The number of benzene rings is 4. The molecular weight excluding hydrogens is 807 g/mol. The number of nitrogens with one attached hydrogen (secondary N) is 2. The van der Waals surface area contributed by atoms with Gasteiger partial charge in [0, 0.05) is 62.6 Å². The second-order valence-electron chi connectivity index (χ2n) is 16.5. The maximum atomic E-state index is 12.7. The van der Waals surface area contributed by atoms with E-state index in [0.717, 1.165) is 51.4 Å². The molecule has 0 radical (unpaired) electrons. The molecule has 0 aliphatic heterocycles. The van der Waals surface area contributed by atoms with Gasteiger partial charge in [0.15, 0.2) is 0 Å². The minimum Gasteiger partial charge on any atom is -0.398 e. The highest BCUT2D eigenvalue weighted by atomic mass is 35.5. The van der Waals surface area contributed by atoms with E-state index in [0.29, 0.717) is 79.1 Å². The molecule has 8 N–H and O–H groups in total. The Morgan fingerprint density at radius 2 is 1.07 bits per heavy atom. The van der Waals surface area contributed by atoms with Crippen molar-refractivity contribution in [2.45, 2.75) is 51.7 Å². The summed E-state index contributed by atoms with van der Waals surface area (Å²) in [5.41, 5.74) is 19.2. The monoisotopic (exact) mass is 848 g/mol. The summed E-state index contributed by atoms with van der Waals surface area (Å²) in [5.74, 6) is 1.92. The van der Waals surface area contributed by atoms with Gasteiger partial charge in [0.05, 0.1) is 33.0 Å². The quantitative estimate of drug-likeness (QED) is 0.0899. The third-order valence-electron chi connectivity index (χ3n) is 12.9. The number of aliphatic hydroxyl groups is 2. The number of nitrogens with two attached hydrogens (primary N) is 2. The van der Waals surface area contributed by atoms with Crippen LogP contribution in [0, 0.1) is 49.4 Å². The molecule has 4 aliphatic carbocycles. The summed E-state index contributed by atoms with van der Waals surface area (Å²) in [5, 5.41) is 29.5. The number of halogens is 3. The summed E-state index contributed by atoms with van der Waals surface area (Å²) >= 11 is 20.2. The fourth-order valence-corrected chi connectivity index (χ4v) is 10.8. The molecule has 0 bridgehead atoms. The summed E-state index contributed by atoms with van der Waals surface area (Å²) in [4.78, 5) is 34.0. The summed E-state index contributed by atoms with van der Waals surface area (Å²) in [6.07, 6.45) is 5.57. The molecule has 4 aliphatic rings. The lowest BCUT2D eigenvalue weighted by molar-refractivity contribution is -0.119. The van der Waals surface area contributed by atoms with E-state index in [1.54, 1.807) is 24.5 Å². The number of carbonyl (C=O) groups excluding carboxylic acids is 2. The van der Waals surface area contributed by atoms with Gasteiger partial charge in [0.25, 0.3) is 0 Å². The Hall–Kier alpha value is -4.97. The summed E-state index contributed by atoms with van der Waals surface area (Å²) < 4.78 is 0. The van der Waals surface area contributed by atoms with E-state index < -0.39 is 0 Å². The lowest BCUT2D eigenvalue weighted by atomic mass is 9.97. The van der Waals surface area contributed by atoms with Crippen LogP contribution in [0.3, 0.4) is 0 Å². The number of carbonyl (C=O) groups is 2. The number of nitrogen functional groups attached to an aromatic ring is 2. The zero-order valence-corrected chi connectivity index (χ0v) is 34.6. The van der Waals surface area contributed by atoms with Crippen LogP contribution in [0.1, 0.15) is 36.8 Å². The van der Waals surface area contributed by atoms with Crippen LogP contribution in [0.5, 0.6) is 0 Å². The zero-order chi connectivity index (χ0) is 41.4. The molecule has 8 atom stereocenters. The van der Waals surface area contributed by atoms with Crippen LogP contribution in [-0.4, -0.2) is 44.2 Å². The number of fused-ring (bicyclic) bond motifs is 4. The second kappa shape index (κ2) is 15.2. The number of aromatic nitrogens is 2. The molecule has 2 aromatic heterocycles. The van der Waals surface area contributed by atoms with E-state index in [9.17, 15) is 19.8 Å². The third kappa shape index (κ3) is 7.14. The van der Waals surface area contributed by atoms with Crippen LogP contribution in [0.4, 0.5) is 23.0 Å². The lowest BCUT2D eigenvalue weighted by Gasteiger charge is -2.16. The van der Waals surface area contributed by atoms with Gasteiger partial charge in [0.2, 0.25) is 11.8 Å². The summed E-state index contributed by atoms with van der Waals surface area (Å²) in [6, 6.07) is 21.3. The van der Waals surface area contributed by atoms with Crippen molar-refractivity contribution in [3.05, 3.63) is 105 Å². The Balaban J connectivity index is 0.000000152. The van der Waals surface area contributed by atoms with E-state index in [1.165, 1.54) is 0 Å². The van der Waals surface area contributed by atoms with Gasteiger partial charge in [-0.1, -0.05) is 83.3 Å². The van der Waals surface area contributed by atoms with E-state index in [4.69, 9.17) is 46.3 Å². The summed E-state index contributed by atoms with van der Waals surface area (Å²) in [7, 11) is 0. The maximum absolute atomic E-state index is 12.7. The zero-order valence-electron chi connectivity index (χ0n) is 32.3. The average molecular weight is 850 g/mol. The van der Waals surface area contributed by atoms with E-state index in [-0.39, 0.29) is 47.7 Å². The van der Waals surface area contributed by atoms with Gasteiger partial charge >= 0.3 is 0 Å². The maximum Gasteiger partial charge on any atom is 0.229 e. The molecule has 4 aromatic carbocycles. The van der Waals surface area contributed by atoms with Crippen molar-refractivity contribution in [1.29, 1.82) is 0 Å². The van der Waals surface area contributed by atoms with Crippen LogP contribution in [0.2, 0.25) is 15.1 Å². The molecule has 0 spiro atoms. The largest absolute Gasteiger partial charge is 0.398 e. The van der Waals surface area contributed by atoms with Crippen molar-refractivity contribution in [1.82, 2.24) is 9.97 Å². The van der Waals surface area contributed by atoms with E-state index in [1.807, 2.05) is 68.4 Å². The van der Waals surface area contributed by atoms with E-state index in [2.05, 4.69) is 20.6 Å². The van der Waals surface area contributed by atoms with Gasteiger partial charge in [-0.3, -0.25) is 9.59 Å². The molecule has 4 fully saturated rings. The van der Waals surface area contributed by atoms with Crippen molar-refractivity contribution in [3.63, 3.8) is 0 Å². The average Bonchev–Trinajstić information content (AvgIpc) is 3.96. The number of hydrogen-bond donors (Lipinski definition) is 6. The van der Waals surface area contributed by atoms with Crippen LogP contribution < -0.4 is 22.1 Å². The second-order valence-corrected chi connectivity index (χ2v) is 17.7. The molecule has 302 valence electrons. The van der Waals surface area contributed by atoms with Gasteiger partial charge in [-0.05, 0) is 104 Å². The Kier molecular flexibility index (Phi) is 10.2. The van der Waals surface area contributed by atoms with Crippen molar-refractivity contribution < 1.29 is 19.8 Å². The van der Waals surface area contributed by atoms with Crippen LogP contribution in [0.25, 0.3) is 43.8 Å².